The molecule has 0 spiro atoms. The second-order valence-electron chi connectivity index (χ2n) is 4.22. The van der Waals surface area contributed by atoms with Crippen molar-refractivity contribution < 1.29 is 9.53 Å². The van der Waals surface area contributed by atoms with Gasteiger partial charge in [0.15, 0.2) is 5.82 Å². The van der Waals surface area contributed by atoms with E-state index in [-0.39, 0.29) is 0 Å². The Bertz CT molecular complexity index is 667. The van der Waals surface area contributed by atoms with Crippen molar-refractivity contribution in [2.45, 2.75) is 13.8 Å². The Labute approximate surface area is 127 Å². The minimum absolute atomic E-state index is 0.300. The van der Waals surface area contributed by atoms with Crippen LogP contribution >= 0.6 is 11.6 Å². The largest absolute Gasteiger partial charge is 0.462 e. The third-order valence-electron chi connectivity index (χ3n) is 2.66. The summed E-state index contributed by atoms with van der Waals surface area (Å²) < 4.78 is 4.98. The van der Waals surface area contributed by atoms with Gasteiger partial charge in [-0.1, -0.05) is 23.7 Å². The number of carbonyl (C=O) groups excluding carboxylic acids is 1. The lowest BCUT2D eigenvalue weighted by Gasteiger charge is -2.02. The summed E-state index contributed by atoms with van der Waals surface area (Å²) in [6.45, 7) is 3.79. The fraction of sp³-hybridized carbons (Fsp3) is 0.214. The number of hydrazone groups is 1. The van der Waals surface area contributed by atoms with Crippen molar-refractivity contribution in [2.24, 2.45) is 5.10 Å². The summed E-state index contributed by atoms with van der Waals surface area (Å²) in [7, 11) is 0. The molecule has 1 aromatic heterocycles. The molecule has 1 aromatic carbocycles. The van der Waals surface area contributed by atoms with Gasteiger partial charge in [0.1, 0.15) is 5.56 Å². The van der Waals surface area contributed by atoms with Gasteiger partial charge in [-0.3, -0.25) is 10.5 Å². The second-order valence-corrected chi connectivity index (χ2v) is 4.65. The molecule has 0 bridgehead atoms. The van der Waals surface area contributed by atoms with Crippen LogP contribution in [0.2, 0.25) is 5.02 Å². The molecule has 0 atom stereocenters. The van der Waals surface area contributed by atoms with Crippen LogP contribution in [0.4, 0.5) is 5.82 Å². The SMILES string of the molecule is CCOC(=O)c1c(N/N=C/c2cccc(Cl)c2)n[nH]c1C. The Kier molecular flexibility index (Phi) is 4.94. The standard InChI is InChI=1S/C14H15ClN4O2/c1-3-21-14(20)12-9(2)17-19-13(12)18-16-8-10-5-4-6-11(15)7-10/h4-8H,3H2,1-2H3,(H2,17,18,19)/b16-8+. The molecule has 21 heavy (non-hydrogen) atoms. The number of esters is 1. The molecule has 2 aromatic rings. The van der Waals surface area contributed by atoms with Gasteiger partial charge in [-0.05, 0) is 31.5 Å². The topological polar surface area (TPSA) is 79.4 Å². The third-order valence-corrected chi connectivity index (χ3v) is 2.89. The molecule has 0 saturated heterocycles. The van der Waals surface area contributed by atoms with Crippen LogP contribution in [0, 0.1) is 6.92 Å². The summed E-state index contributed by atoms with van der Waals surface area (Å²) >= 11 is 5.89. The van der Waals surface area contributed by atoms with Crippen LogP contribution in [-0.4, -0.2) is 29.0 Å². The minimum Gasteiger partial charge on any atom is -0.462 e. The molecule has 1 heterocycles. The minimum atomic E-state index is -0.441. The molecule has 0 amide bonds. The maximum absolute atomic E-state index is 11.8. The van der Waals surface area contributed by atoms with E-state index >= 15 is 0 Å². The first-order valence-electron chi connectivity index (χ1n) is 6.38. The van der Waals surface area contributed by atoms with Gasteiger partial charge in [0, 0.05) is 10.7 Å². The number of halogens is 1. The highest BCUT2D eigenvalue weighted by molar-refractivity contribution is 6.30. The number of rotatable bonds is 5. The number of nitrogens with zero attached hydrogens (tertiary/aromatic N) is 2. The van der Waals surface area contributed by atoms with Crippen LogP contribution in [0.3, 0.4) is 0 Å². The molecule has 0 aliphatic carbocycles. The molecular weight excluding hydrogens is 292 g/mol. The van der Waals surface area contributed by atoms with Crippen molar-refractivity contribution in [3.63, 3.8) is 0 Å². The van der Waals surface area contributed by atoms with Gasteiger partial charge in [0.2, 0.25) is 0 Å². The van der Waals surface area contributed by atoms with Gasteiger partial charge in [-0.25, -0.2) is 4.79 Å². The lowest BCUT2D eigenvalue weighted by atomic mass is 10.2. The number of H-pyrrole nitrogens is 1. The Hall–Kier alpha value is -2.34. The highest BCUT2D eigenvalue weighted by atomic mass is 35.5. The lowest BCUT2D eigenvalue weighted by molar-refractivity contribution is 0.0526. The molecule has 0 aliphatic rings. The number of hydrogen-bond donors (Lipinski definition) is 2. The Balaban J connectivity index is 2.12. The molecular formula is C14H15ClN4O2. The van der Waals surface area contributed by atoms with E-state index in [1.165, 1.54) is 0 Å². The van der Waals surface area contributed by atoms with Crippen LogP contribution in [0.25, 0.3) is 0 Å². The fourth-order valence-corrected chi connectivity index (χ4v) is 1.92. The van der Waals surface area contributed by atoms with Gasteiger partial charge in [-0.15, -0.1) is 0 Å². The molecule has 0 unspecified atom stereocenters. The summed E-state index contributed by atoms with van der Waals surface area (Å²) in [6.07, 6.45) is 1.59. The summed E-state index contributed by atoms with van der Waals surface area (Å²) in [4.78, 5) is 11.8. The summed E-state index contributed by atoms with van der Waals surface area (Å²) in [5.74, 6) is -0.117. The Morgan fingerprint density at radius 3 is 3.10 bits per heavy atom. The number of nitrogens with one attached hydrogen (secondary N) is 2. The maximum atomic E-state index is 11.8. The molecule has 2 N–H and O–H groups in total. The average Bonchev–Trinajstić information content (AvgIpc) is 2.80. The molecule has 6 nitrogen and oxygen atoms in total. The predicted molar refractivity (Wildman–Crippen MR) is 81.9 cm³/mol. The summed E-state index contributed by atoms with van der Waals surface area (Å²) in [5.41, 5.74) is 4.52. The number of aromatic amines is 1. The van der Waals surface area contributed by atoms with Crippen LogP contribution < -0.4 is 5.43 Å². The predicted octanol–water partition coefficient (Wildman–Crippen LogP) is 2.99. The zero-order valence-corrected chi connectivity index (χ0v) is 12.4. The van der Waals surface area contributed by atoms with Gasteiger partial charge < -0.3 is 4.74 Å². The fourth-order valence-electron chi connectivity index (χ4n) is 1.72. The van der Waals surface area contributed by atoms with E-state index in [0.29, 0.717) is 28.7 Å². The number of carbonyl (C=O) groups is 1. The highest BCUT2D eigenvalue weighted by Gasteiger charge is 2.18. The molecule has 110 valence electrons. The smallest absolute Gasteiger partial charge is 0.343 e. The first kappa shape index (κ1) is 15.1. The number of aryl methyl sites for hydroxylation is 1. The number of anilines is 1. The zero-order chi connectivity index (χ0) is 15.2. The van der Waals surface area contributed by atoms with Gasteiger partial charge in [-0.2, -0.15) is 10.2 Å². The Morgan fingerprint density at radius 2 is 2.38 bits per heavy atom. The van der Waals surface area contributed by atoms with Crippen LogP contribution in [0.15, 0.2) is 29.4 Å². The summed E-state index contributed by atoms with van der Waals surface area (Å²) in [5, 5.41) is 11.4. The van der Waals surface area contributed by atoms with Crippen LogP contribution in [0.1, 0.15) is 28.5 Å². The van der Waals surface area contributed by atoms with Crippen molar-refractivity contribution in [3.05, 3.63) is 46.1 Å². The van der Waals surface area contributed by atoms with Crippen molar-refractivity contribution in [1.82, 2.24) is 10.2 Å². The van der Waals surface area contributed by atoms with Crippen molar-refractivity contribution in [3.8, 4) is 0 Å². The van der Waals surface area contributed by atoms with E-state index in [1.807, 2.05) is 12.1 Å². The van der Waals surface area contributed by atoms with Gasteiger partial charge >= 0.3 is 5.97 Å². The quantitative estimate of drug-likeness (QED) is 0.505. The van der Waals surface area contributed by atoms with E-state index < -0.39 is 5.97 Å². The van der Waals surface area contributed by atoms with Gasteiger partial charge in [0.05, 0.1) is 12.8 Å². The maximum Gasteiger partial charge on any atom is 0.343 e. The molecule has 7 heteroatoms. The number of hydrogen-bond acceptors (Lipinski definition) is 5. The van der Waals surface area contributed by atoms with E-state index in [1.54, 1.807) is 32.2 Å². The van der Waals surface area contributed by atoms with E-state index in [2.05, 4.69) is 20.7 Å². The zero-order valence-electron chi connectivity index (χ0n) is 11.7. The lowest BCUT2D eigenvalue weighted by Crippen LogP contribution is -2.08. The number of benzene rings is 1. The first-order valence-corrected chi connectivity index (χ1v) is 6.76. The van der Waals surface area contributed by atoms with E-state index in [4.69, 9.17) is 16.3 Å². The molecule has 0 saturated carbocycles. The first-order chi connectivity index (χ1) is 10.1. The average molecular weight is 307 g/mol. The Morgan fingerprint density at radius 1 is 1.57 bits per heavy atom. The molecule has 0 radical (unpaired) electrons. The number of ether oxygens (including phenoxy) is 1. The third kappa shape index (κ3) is 3.82. The van der Waals surface area contributed by atoms with Crippen molar-refractivity contribution in [2.75, 3.05) is 12.0 Å². The van der Waals surface area contributed by atoms with Crippen molar-refractivity contribution in [1.29, 1.82) is 0 Å². The van der Waals surface area contributed by atoms with Crippen LogP contribution in [-0.2, 0) is 4.74 Å². The van der Waals surface area contributed by atoms with E-state index in [9.17, 15) is 4.79 Å². The van der Waals surface area contributed by atoms with Crippen LogP contribution in [0.5, 0.6) is 0 Å². The second kappa shape index (κ2) is 6.90. The molecule has 2 rings (SSSR count). The normalized spacial score (nSPS) is 10.8. The summed E-state index contributed by atoms with van der Waals surface area (Å²) in [6, 6.07) is 7.24. The monoisotopic (exact) mass is 306 g/mol. The molecule has 0 fully saturated rings. The highest BCUT2D eigenvalue weighted by Crippen LogP contribution is 2.17. The van der Waals surface area contributed by atoms with E-state index in [0.717, 1.165) is 5.56 Å². The van der Waals surface area contributed by atoms with Crippen molar-refractivity contribution >= 4 is 29.6 Å². The van der Waals surface area contributed by atoms with Gasteiger partial charge in [0.25, 0.3) is 0 Å². The molecule has 0 aliphatic heterocycles. The number of aromatic nitrogens is 2.